The molecule has 88 valence electrons. The smallest absolute Gasteiger partial charge is 0.0198 e. The molecule has 15 heavy (non-hydrogen) atoms. The molecular formula is C13H25NS. The minimum Gasteiger partial charge on any atom is -0.313 e. The van der Waals surface area contributed by atoms with Crippen LogP contribution in [-0.4, -0.2) is 24.1 Å². The molecule has 2 heteroatoms. The summed E-state index contributed by atoms with van der Waals surface area (Å²) < 4.78 is 0. The van der Waals surface area contributed by atoms with Gasteiger partial charge >= 0.3 is 0 Å². The summed E-state index contributed by atoms with van der Waals surface area (Å²) in [6.45, 7) is 1.29. The van der Waals surface area contributed by atoms with Gasteiger partial charge in [0.2, 0.25) is 0 Å². The third-order valence-electron chi connectivity index (χ3n) is 4.15. The second kappa shape index (κ2) is 6.15. The summed E-state index contributed by atoms with van der Waals surface area (Å²) in [7, 11) is 0. The molecule has 0 aromatic rings. The van der Waals surface area contributed by atoms with Gasteiger partial charge in [-0.2, -0.15) is 11.8 Å². The molecule has 0 heterocycles. The van der Waals surface area contributed by atoms with Crippen LogP contribution in [0, 0.1) is 5.92 Å². The summed E-state index contributed by atoms with van der Waals surface area (Å²) >= 11 is 2.07. The molecule has 2 fully saturated rings. The van der Waals surface area contributed by atoms with E-state index in [1.165, 1.54) is 57.9 Å². The Morgan fingerprint density at radius 3 is 2.40 bits per heavy atom. The highest BCUT2D eigenvalue weighted by molar-refractivity contribution is 7.99. The topological polar surface area (TPSA) is 12.0 Å². The SMILES string of the molecule is CSC1CCCCC1NCC1CCCC1. The minimum absolute atomic E-state index is 0.814. The van der Waals surface area contributed by atoms with Crippen LogP contribution >= 0.6 is 11.8 Å². The Bertz CT molecular complexity index is 177. The summed E-state index contributed by atoms with van der Waals surface area (Å²) in [4.78, 5) is 0. The molecule has 0 saturated heterocycles. The lowest BCUT2D eigenvalue weighted by Crippen LogP contribution is -2.42. The summed E-state index contributed by atoms with van der Waals surface area (Å²) in [6.07, 6.45) is 13.9. The van der Waals surface area contributed by atoms with E-state index in [4.69, 9.17) is 0 Å². The Morgan fingerprint density at radius 2 is 1.67 bits per heavy atom. The first kappa shape index (κ1) is 11.8. The number of nitrogens with one attached hydrogen (secondary N) is 1. The van der Waals surface area contributed by atoms with Gasteiger partial charge in [0.1, 0.15) is 0 Å². The fourth-order valence-electron chi connectivity index (χ4n) is 3.15. The largest absolute Gasteiger partial charge is 0.313 e. The first-order valence-corrected chi connectivity index (χ1v) is 7.95. The lowest BCUT2D eigenvalue weighted by atomic mass is 9.94. The molecule has 0 aromatic carbocycles. The number of rotatable bonds is 4. The van der Waals surface area contributed by atoms with Crippen LogP contribution in [0.25, 0.3) is 0 Å². The van der Waals surface area contributed by atoms with E-state index in [2.05, 4.69) is 23.3 Å². The molecule has 2 aliphatic carbocycles. The lowest BCUT2D eigenvalue weighted by Gasteiger charge is -2.32. The average molecular weight is 227 g/mol. The van der Waals surface area contributed by atoms with Gasteiger partial charge in [0.05, 0.1) is 0 Å². The fraction of sp³-hybridized carbons (Fsp3) is 1.00. The van der Waals surface area contributed by atoms with Crippen LogP contribution in [0.4, 0.5) is 0 Å². The van der Waals surface area contributed by atoms with E-state index in [1.54, 1.807) is 0 Å². The summed E-state index contributed by atoms with van der Waals surface area (Å²) in [5, 5.41) is 4.73. The van der Waals surface area contributed by atoms with E-state index in [9.17, 15) is 0 Å². The van der Waals surface area contributed by atoms with E-state index >= 15 is 0 Å². The van der Waals surface area contributed by atoms with E-state index in [1.807, 2.05) is 0 Å². The molecule has 0 radical (unpaired) electrons. The molecule has 1 nitrogen and oxygen atoms in total. The highest BCUT2D eigenvalue weighted by Gasteiger charge is 2.25. The molecule has 2 atom stereocenters. The lowest BCUT2D eigenvalue weighted by molar-refractivity contribution is 0.356. The summed E-state index contributed by atoms with van der Waals surface area (Å²) in [6, 6.07) is 0.814. The molecule has 2 aliphatic rings. The van der Waals surface area contributed by atoms with Gasteiger partial charge in [-0.15, -0.1) is 0 Å². The van der Waals surface area contributed by atoms with E-state index in [0.29, 0.717) is 0 Å². The number of hydrogen-bond donors (Lipinski definition) is 1. The van der Waals surface area contributed by atoms with Crippen LogP contribution in [0.3, 0.4) is 0 Å². The summed E-state index contributed by atoms with van der Waals surface area (Å²) in [5.41, 5.74) is 0. The van der Waals surface area contributed by atoms with Crippen molar-refractivity contribution in [2.45, 2.75) is 62.7 Å². The van der Waals surface area contributed by atoms with Gasteiger partial charge in [-0.1, -0.05) is 25.7 Å². The zero-order chi connectivity index (χ0) is 10.5. The van der Waals surface area contributed by atoms with Crippen LogP contribution in [0.2, 0.25) is 0 Å². The normalized spacial score (nSPS) is 33.4. The van der Waals surface area contributed by atoms with Crippen LogP contribution in [0.1, 0.15) is 51.4 Å². The van der Waals surface area contributed by atoms with Gasteiger partial charge in [0.25, 0.3) is 0 Å². The number of hydrogen-bond acceptors (Lipinski definition) is 2. The molecule has 2 saturated carbocycles. The standard InChI is InChI=1S/C13H25NS/c1-15-13-9-5-4-8-12(13)14-10-11-6-2-3-7-11/h11-14H,2-10H2,1H3. The molecular weight excluding hydrogens is 202 g/mol. The van der Waals surface area contributed by atoms with Gasteiger partial charge in [-0.05, 0) is 44.4 Å². The van der Waals surface area contributed by atoms with Gasteiger partial charge in [-0.25, -0.2) is 0 Å². The first-order valence-electron chi connectivity index (χ1n) is 6.66. The predicted molar refractivity (Wildman–Crippen MR) is 69.5 cm³/mol. The van der Waals surface area contributed by atoms with Crippen molar-refractivity contribution in [2.75, 3.05) is 12.8 Å². The maximum Gasteiger partial charge on any atom is 0.0198 e. The number of thioether (sulfide) groups is 1. The molecule has 1 N–H and O–H groups in total. The van der Waals surface area contributed by atoms with Crippen molar-refractivity contribution in [3.8, 4) is 0 Å². The Hall–Kier alpha value is 0.310. The maximum atomic E-state index is 3.84. The molecule has 2 unspecified atom stereocenters. The Kier molecular flexibility index (Phi) is 4.83. The molecule has 0 amide bonds. The Labute approximate surface area is 98.8 Å². The van der Waals surface area contributed by atoms with Crippen molar-refractivity contribution in [3.63, 3.8) is 0 Å². The van der Waals surface area contributed by atoms with Crippen LogP contribution in [-0.2, 0) is 0 Å². The van der Waals surface area contributed by atoms with Crippen LogP contribution in [0.5, 0.6) is 0 Å². The van der Waals surface area contributed by atoms with Crippen molar-refractivity contribution in [1.29, 1.82) is 0 Å². The monoisotopic (exact) mass is 227 g/mol. The third kappa shape index (κ3) is 3.39. The molecule has 0 aromatic heterocycles. The highest BCUT2D eigenvalue weighted by atomic mass is 32.2. The predicted octanol–water partition coefficient (Wildman–Crippen LogP) is 3.44. The van der Waals surface area contributed by atoms with E-state index < -0.39 is 0 Å². The third-order valence-corrected chi connectivity index (χ3v) is 5.32. The maximum absolute atomic E-state index is 3.84. The molecule has 0 aliphatic heterocycles. The molecule has 2 rings (SSSR count). The molecule has 0 spiro atoms. The van der Waals surface area contributed by atoms with Gasteiger partial charge in [-0.3, -0.25) is 0 Å². The Balaban J connectivity index is 1.71. The minimum atomic E-state index is 0.814. The van der Waals surface area contributed by atoms with E-state index in [0.717, 1.165) is 17.2 Å². The molecule has 0 bridgehead atoms. The van der Waals surface area contributed by atoms with Crippen molar-refractivity contribution in [3.05, 3.63) is 0 Å². The van der Waals surface area contributed by atoms with Gasteiger partial charge in [0.15, 0.2) is 0 Å². The van der Waals surface area contributed by atoms with Crippen molar-refractivity contribution < 1.29 is 0 Å². The second-order valence-electron chi connectivity index (χ2n) is 5.22. The van der Waals surface area contributed by atoms with E-state index in [-0.39, 0.29) is 0 Å². The highest BCUT2D eigenvalue weighted by Crippen LogP contribution is 2.28. The van der Waals surface area contributed by atoms with Gasteiger partial charge in [0, 0.05) is 11.3 Å². The second-order valence-corrected chi connectivity index (χ2v) is 6.30. The van der Waals surface area contributed by atoms with Crippen molar-refractivity contribution >= 4 is 11.8 Å². The van der Waals surface area contributed by atoms with Gasteiger partial charge < -0.3 is 5.32 Å². The average Bonchev–Trinajstić information content (AvgIpc) is 2.79. The van der Waals surface area contributed by atoms with Crippen molar-refractivity contribution in [2.24, 2.45) is 5.92 Å². The first-order chi connectivity index (χ1) is 7.40. The summed E-state index contributed by atoms with van der Waals surface area (Å²) in [5.74, 6) is 0.995. The van der Waals surface area contributed by atoms with Crippen molar-refractivity contribution in [1.82, 2.24) is 5.32 Å². The fourth-order valence-corrected chi connectivity index (χ4v) is 4.11. The Morgan fingerprint density at radius 1 is 1.00 bits per heavy atom. The zero-order valence-corrected chi connectivity index (χ0v) is 10.8. The zero-order valence-electron chi connectivity index (χ0n) is 10.0. The van der Waals surface area contributed by atoms with Crippen LogP contribution < -0.4 is 5.32 Å². The quantitative estimate of drug-likeness (QED) is 0.789. The van der Waals surface area contributed by atoms with Crippen LogP contribution in [0.15, 0.2) is 0 Å².